The van der Waals surface area contributed by atoms with Crippen LogP contribution in [0.5, 0.6) is 0 Å². The summed E-state index contributed by atoms with van der Waals surface area (Å²) >= 11 is 5.83. The summed E-state index contributed by atoms with van der Waals surface area (Å²) in [5.41, 5.74) is 3.06. The lowest BCUT2D eigenvalue weighted by atomic mass is 10.0. The van der Waals surface area contributed by atoms with E-state index in [9.17, 15) is 4.79 Å². The Labute approximate surface area is 121 Å². The molecule has 0 bridgehead atoms. The number of aromatic nitrogens is 2. The minimum Gasteiger partial charge on any atom is -0.351 e. The van der Waals surface area contributed by atoms with E-state index < -0.39 is 0 Å². The molecule has 3 N–H and O–H groups in total. The van der Waals surface area contributed by atoms with Crippen LogP contribution in [0.25, 0.3) is 0 Å². The smallest absolute Gasteiger partial charge is 0.237 e. The fraction of sp³-hybridized carbons (Fsp3) is 0.286. The van der Waals surface area contributed by atoms with Gasteiger partial charge in [0.2, 0.25) is 5.91 Å². The number of aromatic amines is 1. The summed E-state index contributed by atoms with van der Waals surface area (Å²) < 4.78 is 0. The summed E-state index contributed by atoms with van der Waals surface area (Å²) in [5, 5.41) is 6.83. The minimum atomic E-state index is -0.224. The molecule has 1 aliphatic rings. The molecule has 2 aromatic rings. The number of nitrogens with one attached hydrogen (secondary N) is 3. The molecule has 5 nitrogen and oxygen atoms in total. The van der Waals surface area contributed by atoms with E-state index in [4.69, 9.17) is 11.6 Å². The Morgan fingerprint density at radius 1 is 1.40 bits per heavy atom. The number of carbonyl (C=O) groups is 1. The average molecular weight is 291 g/mol. The van der Waals surface area contributed by atoms with Gasteiger partial charge in [0, 0.05) is 24.5 Å². The number of benzene rings is 1. The summed E-state index contributed by atoms with van der Waals surface area (Å²) in [7, 11) is 0. The number of hydrogen-bond donors (Lipinski definition) is 3. The summed E-state index contributed by atoms with van der Waals surface area (Å²) in [5.74, 6) is -0.00593. The molecule has 0 fully saturated rings. The second-order valence-electron chi connectivity index (χ2n) is 4.81. The number of amides is 1. The molecule has 20 heavy (non-hydrogen) atoms. The van der Waals surface area contributed by atoms with Crippen LogP contribution in [-0.2, 0) is 24.3 Å². The fourth-order valence-corrected chi connectivity index (χ4v) is 2.40. The first kappa shape index (κ1) is 13.1. The van der Waals surface area contributed by atoms with Gasteiger partial charge in [-0.3, -0.25) is 10.1 Å². The van der Waals surface area contributed by atoms with Crippen molar-refractivity contribution in [2.45, 2.75) is 25.6 Å². The molecule has 104 valence electrons. The highest BCUT2D eigenvalue weighted by Gasteiger charge is 2.25. The van der Waals surface area contributed by atoms with Crippen LogP contribution in [0.1, 0.15) is 17.0 Å². The maximum Gasteiger partial charge on any atom is 0.237 e. The van der Waals surface area contributed by atoms with Gasteiger partial charge in [-0.15, -0.1) is 0 Å². The maximum atomic E-state index is 12.1. The van der Waals surface area contributed by atoms with Gasteiger partial charge in [0.15, 0.2) is 0 Å². The van der Waals surface area contributed by atoms with Crippen molar-refractivity contribution in [2.75, 3.05) is 0 Å². The maximum absolute atomic E-state index is 12.1. The summed E-state index contributed by atoms with van der Waals surface area (Å²) in [6.07, 6.45) is 2.28. The lowest BCUT2D eigenvalue weighted by Gasteiger charge is -2.22. The monoisotopic (exact) mass is 290 g/mol. The third kappa shape index (κ3) is 2.84. The van der Waals surface area contributed by atoms with E-state index in [-0.39, 0.29) is 11.9 Å². The van der Waals surface area contributed by atoms with Crippen LogP contribution in [0, 0.1) is 0 Å². The van der Waals surface area contributed by atoms with Crippen molar-refractivity contribution < 1.29 is 4.79 Å². The van der Waals surface area contributed by atoms with E-state index in [2.05, 4.69) is 20.6 Å². The Balaban J connectivity index is 1.56. The number of hydrogen-bond acceptors (Lipinski definition) is 3. The van der Waals surface area contributed by atoms with Gasteiger partial charge in [-0.2, -0.15) is 0 Å². The number of halogens is 1. The second kappa shape index (κ2) is 5.64. The third-order valence-corrected chi connectivity index (χ3v) is 3.68. The molecule has 1 atom stereocenters. The molecule has 6 heteroatoms. The lowest BCUT2D eigenvalue weighted by molar-refractivity contribution is -0.123. The van der Waals surface area contributed by atoms with Crippen LogP contribution in [0.2, 0.25) is 5.02 Å². The van der Waals surface area contributed by atoms with Gasteiger partial charge in [-0.25, -0.2) is 4.98 Å². The Bertz CT molecular complexity index is 608. The number of H-pyrrole nitrogens is 1. The summed E-state index contributed by atoms with van der Waals surface area (Å²) in [6.45, 7) is 1.15. The molecule has 1 aromatic heterocycles. The highest BCUT2D eigenvalue weighted by Crippen LogP contribution is 2.13. The van der Waals surface area contributed by atoms with Gasteiger partial charge >= 0.3 is 0 Å². The molecule has 3 rings (SSSR count). The van der Waals surface area contributed by atoms with E-state index in [1.165, 1.54) is 0 Å². The van der Waals surface area contributed by atoms with Crippen molar-refractivity contribution in [3.8, 4) is 0 Å². The molecule has 0 saturated heterocycles. The predicted octanol–water partition coefficient (Wildman–Crippen LogP) is 1.39. The van der Waals surface area contributed by atoms with Crippen LogP contribution in [0.15, 0.2) is 30.6 Å². The largest absolute Gasteiger partial charge is 0.351 e. The van der Waals surface area contributed by atoms with Crippen molar-refractivity contribution in [3.63, 3.8) is 0 Å². The van der Waals surface area contributed by atoms with Crippen molar-refractivity contribution in [3.05, 3.63) is 52.6 Å². The van der Waals surface area contributed by atoms with Crippen molar-refractivity contribution in [1.82, 2.24) is 20.6 Å². The number of imidazole rings is 1. The zero-order valence-corrected chi connectivity index (χ0v) is 11.6. The Kier molecular flexibility index (Phi) is 3.71. The quantitative estimate of drug-likeness (QED) is 0.800. The first-order valence-electron chi connectivity index (χ1n) is 6.49. The summed E-state index contributed by atoms with van der Waals surface area (Å²) in [4.78, 5) is 19.4. The molecule has 0 aliphatic carbocycles. The number of fused-ring (bicyclic) bond motifs is 1. The van der Waals surface area contributed by atoms with E-state index in [0.717, 1.165) is 17.0 Å². The highest BCUT2D eigenvalue weighted by atomic mass is 35.5. The van der Waals surface area contributed by atoms with Crippen molar-refractivity contribution >= 4 is 17.5 Å². The molecule has 1 amide bonds. The molecular formula is C14H15ClN4O. The highest BCUT2D eigenvalue weighted by molar-refractivity contribution is 6.30. The summed E-state index contributed by atoms with van der Waals surface area (Å²) in [6, 6.07) is 7.22. The van der Waals surface area contributed by atoms with Crippen LogP contribution >= 0.6 is 11.6 Å². The fourth-order valence-electron chi connectivity index (χ4n) is 2.27. The molecule has 1 unspecified atom stereocenters. The first-order valence-corrected chi connectivity index (χ1v) is 6.87. The molecule has 2 heterocycles. The van der Waals surface area contributed by atoms with E-state index in [0.29, 0.717) is 24.5 Å². The molecule has 1 aromatic carbocycles. The van der Waals surface area contributed by atoms with Crippen molar-refractivity contribution in [1.29, 1.82) is 0 Å². The molecule has 0 spiro atoms. The second-order valence-corrected chi connectivity index (χ2v) is 5.25. The number of nitrogens with zero attached hydrogens (tertiary/aromatic N) is 1. The van der Waals surface area contributed by atoms with Crippen LogP contribution in [-0.4, -0.2) is 21.9 Å². The third-order valence-electron chi connectivity index (χ3n) is 3.43. The lowest BCUT2D eigenvalue weighted by Crippen LogP contribution is -2.47. The molecule has 0 radical (unpaired) electrons. The van der Waals surface area contributed by atoms with Crippen LogP contribution in [0.3, 0.4) is 0 Å². The van der Waals surface area contributed by atoms with Crippen molar-refractivity contribution in [2.24, 2.45) is 0 Å². The standard InChI is InChI=1S/C14H15ClN4O/c15-10-3-1-9(2-4-10)6-17-14(20)12-5-11-13(7-16-12)19-8-18-11/h1-4,8,12,16H,5-7H2,(H,17,20)(H,18,19). The number of carbonyl (C=O) groups excluding carboxylic acids is 1. The van der Waals surface area contributed by atoms with Gasteiger partial charge in [-0.1, -0.05) is 23.7 Å². The molecular weight excluding hydrogens is 276 g/mol. The van der Waals surface area contributed by atoms with Crippen LogP contribution in [0.4, 0.5) is 0 Å². The van der Waals surface area contributed by atoms with Crippen LogP contribution < -0.4 is 10.6 Å². The molecule has 0 saturated carbocycles. The first-order chi connectivity index (χ1) is 9.72. The Hall–Kier alpha value is -1.85. The van der Waals surface area contributed by atoms with Gasteiger partial charge in [-0.05, 0) is 17.7 Å². The number of rotatable bonds is 3. The van der Waals surface area contributed by atoms with E-state index in [1.807, 2.05) is 24.3 Å². The topological polar surface area (TPSA) is 69.8 Å². The molecule has 1 aliphatic heterocycles. The Morgan fingerprint density at radius 2 is 2.20 bits per heavy atom. The van der Waals surface area contributed by atoms with Gasteiger partial charge < -0.3 is 10.3 Å². The normalized spacial score (nSPS) is 17.6. The van der Waals surface area contributed by atoms with E-state index >= 15 is 0 Å². The predicted molar refractivity (Wildman–Crippen MR) is 76.2 cm³/mol. The Morgan fingerprint density at radius 3 is 3.00 bits per heavy atom. The van der Waals surface area contributed by atoms with Gasteiger partial charge in [0.1, 0.15) is 0 Å². The van der Waals surface area contributed by atoms with Gasteiger partial charge in [0.25, 0.3) is 0 Å². The minimum absolute atomic E-state index is 0.00593. The zero-order valence-electron chi connectivity index (χ0n) is 10.8. The SMILES string of the molecule is O=C(NCc1ccc(Cl)cc1)C1Cc2nc[nH]c2CN1. The zero-order chi connectivity index (χ0) is 13.9. The van der Waals surface area contributed by atoms with E-state index in [1.54, 1.807) is 6.33 Å². The van der Waals surface area contributed by atoms with Gasteiger partial charge in [0.05, 0.1) is 23.8 Å². The average Bonchev–Trinajstić information content (AvgIpc) is 2.93.